The van der Waals surface area contributed by atoms with E-state index in [1.807, 2.05) is 4.90 Å². The lowest BCUT2D eigenvalue weighted by molar-refractivity contribution is -0.131. The molecule has 1 aromatic rings. The first kappa shape index (κ1) is 14.8. The van der Waals surface area contributed by atoms with Crippen molar-refractivity contribution in [3.05, 3.63) is 30.1 Å². The summed E-state index contributed by atoms with van der Waals surface area (Å²) in [6.45, 7) is 1.35. The maximum Gasteiger partial charge on any atom is 0.253 e. The van der Waals surface area contributed by atoms with Crippen molar-refractivity contribution in [2.24, 2.45) is 0 Å². The third kappa shape index (κ3) is 3.93. The van der Waals surface area contributed by atoms with Crippen molar-refractivity contribution >= 4 is 23.4 Å². The summed E-state index contributed by atoms with van der Waals surface area (Å²) in [4.78, 5) is 29.4. The molecule has 5 nitrogen and oxygen atoms in total. The van der Waals surface area contributed by atoms with Crippen molar-refractivity contribution in [3.8, 4) is 0 Å². The van der Waals surface area contributed by atoms with Gasteiger partial charge in [-0.25, -0.2) is 0 Å². The number of carbonyl (C=O) groups excluding carboxylic acids is 2. The molecule has 0 bridgehead atoms. The van der Waals surface area contributed by atoms with Crippen molar-refractivity contribution in [2.45, 2.75) is 25.3 Å². The van der Waals surface area contributed by atoms with Crippen LogP contribution in [0.3, 0.4) is 0 Å². The van der Waals surface area contributed by atoms with Crippen molar-refractivity contribution < 1.29 is 9.59 Å². The van der Waals surface area contributed by atoms with Crippen LogP contribution in [0.4, 0.5) is 0 Å². The van der Waals surface area contributed by atoms with Crippen molar-refractivity contribution in [3.63, 3.8) is 0 Å². The van der Waals surface area contributed by atoms with Gasteiger partial charge in [0.25, 0.3) is 5.91 Å². The van der Waals surface area contributed by atoms with Crippen LogP contribution in [0.25, 0.3) is 0 Å². The van der Waals surface area contributed by atoms with Gasteiger partial charge in [-0.1, -0.05) is 0 Å². The maximum absolute atomic E-state index is 12.0. The van der Waals surface area contributed by atoms with Gasteiger partial charge in [0.1, 0.15) is 0 Å². The van der Waals surface area contributed by atoms with E-state index < -0.39 is 0 Å². The Morgan fingerprint density at radius 2 is 2.15 bits per heavy atom. The Hall–Kier alpha value is -1.62. The first-order valence-corrected chi connectivity index (χ1v) is 7.29. The lowest BCUT2D eigenvalue weighted by Gasteiger charge is -2.32. The van der Waals surface area contributed by atoms with Crippen LogP contribution in [0.15, 0.2) is 24.5 Å². The number of carbonyl (C=O) groups is 2. The summed E-state index contributed by atoms with van der Waals surface area (Å²) in [5.74, 6) is 0.344. The average molecular weight is 296 g/mol. The van der Waals surface area contributed by atoms with E-state index in [0.717, 1.165) is 12.8 Å². The molecule has 20 heavy (non-hydrogen) atoms. The Kier molecular flexibility index (Phi) is 5.35. The van der Waals surface area contributed by atoms with E-state index in [0.29, 0.717) is 31.0 Å². The maximum atomic E-state index is 12.0. The van der Waals surface area contributed by atoms with Gasteiger partial charge in [-0.2, -0.15) is 0 Å². The molecule has 2 amide bonds. The van der Waals surface area contributed by atoms with Gasteiger partial charge >= 0.3 is 0 Å². The van der Waals surface area contributed by atoms with Gasteiger partial charge in [-0.15, -0.1) is 11.6 Å². The summed E-state index contributed by atoms with van der Waals surface area (Å²) in [7, 11) is 0. The number of pyridine rings is 1. The highest BCUT2D eigenvalue weighted by atomic mass is 35.5. The standard InChI is InChI=1S/C14H18ClN3O2/c15-6-3-13(19)18-8-4-12(5-9-18)17-14(20)11-2-1-7-16-10-11/h1-2,7,10,12H,3-6,8-9H2,(H,17,20). The SMILES string of the molecule is O=C(NC1CCN(C(=O)CCCl)CC1)c1cccnc1. The van der Waals surface area contributed by atoms with Crippen LogP contribution in [-0.4, -0.2) is 46.7 Å². The number of alkyl halides is 1. The Balaban J connectivity index is 1.80. The van der Waals surface area contributed by atoms with E-state index in [1.54, 1.807) is 24.5 Å². The Bertz CT molecular complexity index is 459. The van der Waals surface area contributed by atoms with E-state index in [4.69, 9.17) is 11.6 Å². The predicted octanol–water partition coefficient (Wildman–Crippen LogP) is 1.43. The largest absolute Gasteiger partial charge is 0.349 e. The third-order valence-corrected chi connectivity index (χ3v) is 3.60. The van der Waals surface area contributed by atoms with Crippen LogP contribution in [-0.2, 0) is 4.79 Å². The lowest BCUT2D eigenvalue weighted by Crippen LogP contribution is -2.46. The van der Waals surface area contributed by atoms with Crippen LogP contribution >= 0.6 is 11.6 Å². The van der Waals surface area contributed by atoms with Crippen molar-refractivity contribution in [1.82, 2.24) is 15.2 Å². The second kappa shape index (κ2) is 7.24. The molecule has 1 saturated heterocycles. The molecule has 0 aromatic carbocycles. The molecule has 2 heterocycles. The van der Waals surface area contributed by atoms with Gasteiger partial charge in [0, 0.05) is 43.8 Å². The molecule has 108 valence electrons. The normalized spacial score (nSPS) is 15.9. The number of piperidine rings is 1. The summed E-state index contributed by atoms with van der Waals surface area (Å²) >= 11 is 5.57. The Morgan fingerprint density at radius 1 is 1.40 bits per heavy atom. The van der Waals surface area contributed by atoms with Crippen LogP contribution in [0.5, 0.6) is 0 Å². The molecule has 0 spiro atoms. The van der Waals surface area contributed by atoms with Gasteiger partial charge in [0.15, 0.2) is 0 Å². The molecule has 0 unspecified atom stereocenters. The minimum absolute atomic E-state index is 0.0945. The van der Waals surface area contributed by atoms with Gasteiger partial charge in [-0.05, 0) is 25.0 Å². The van der Waals surface area contributed by atoms with E-state index in [-0.39, 0.29) is 17.9 Å². The number of rotatable bonds is 4. The van der Waals surface area contributed by atoms with Crippen LogP contribution < -0.4 is 5.32 Å². The average Bonchev–Trinajstić information content (AvgIpc) is 2.49. The quantitative estimate of drug-likeness (QED) is 0.855. The molecule has 6 heteroatoms. The minimum Gasteiger partial charge on any atom is -0.349 e. The van der Waals surface area contributed by atoms with Crippen LogP contribution in [0.1, 0.15) is 29.6 Å². The highest BCUT2D eigenvalue weighted by Gasteiger charge is 2.23. The molecule has 1 fully saturated rings. The zero-order valence-corrected chi connectivity index (χ0v) is 12.0. The van der Waals surface area contributed by atoms with Gasteiger partial charge in [-0.3, -0.25) is 14.6 Å². The zero-order valence-electron chi connectivity index (χ0n) is 11.2. The molecule has 1 aliphatic heterocycles. The third-order valence-electron chi connectivity index (χ3n) is 3.41. The van der Waals surface area contributed by atoms with Gasteiger partial charge in [0.2, 0.25) is 5.91 Å². The molecule has 1 N–H and O–H groups in total. The molecule has 0 atom stereocenters. The fraction of sp³-hybridized carbons (Fsp3) is 0.500. The molecule has 2 rings (SSSR count). The first-order valence-electron chi connectivity index (χ1n) is 6.75. The molecular weight excluding hydrogens is 278 g/mol. The first-order chi connectivity index (χ1) is 9.70. The number of nitrogens with zero attached hydrogens (tertiary/aromatic N) is 2. The van der Waals surface area contributed by atoms with E-state index >= 15 is 0 Å². The molecular formula is C14H18ClN3O2. The van der Waals surface area contributed by atoms with Gasteiger partial charge in [0.05, 0.1) is 5.56 Å². The van der Waals surface area contributed by atoms with E-state index in [2.05, 4.69) is 10.3 Å². The van der Waals surface area contributed by atoms with Crippen LogP contribution in [0.2, 0.25) is 0 Å². The van der Waals surface area contributed by atoms with Gasteiger partial charge < -0.3 is 10.2 Å². The Morgan fingerprint density at radius 3 is 2.75 bits per heavy atom. The fourth-order valence-corrected chi connectivity index (χ4v) is 2.44. The van der Waals surface area contributed by atoms with Crippen molar-refractivity contribution in [2.75, 3.05) is 19.0 Å². The summed E-state index contributed by atoms with van der Waals surface area (Å²) < 4.78 is 0. The summed E-state index contributed by atoms with van der Waals surface area (Å²) in [5.41, 5.74) is 0.563. The number of aromatic nitrogens is 1. The second-order valence-electron chi connectivity index (χ2n) is 4.81. The van der Waals surface area contributed by atoms with E-state index in [1.165, 1.54) is 0 Å². The minimum atomic E-state index is -0.108. The molecule has 1 aromatic heterocycles. The molecule has 0 radical (unpaired) electrons. The zero-order chi connectivity index (χ0) is 14.4. The molecule has 0 saturated carbocycles. The van der Waals surface area contributed by atoms with Crippen LogP contribution in [0, 0.1) is 0 Å². The topological polar surface area (TPSA) is 62.3 Å². The van der Waals surface area contributed by atoms with Crippen molar-refractivity contribution in [1.29, 1.82) is 0 Å². The molecule has 0 aliphatic carbocycles. The summed E-state index contributed by atoms with van der Waals surface area (Å²) in [5, 5.41) is 2.98. The highest BCUT2D eigenvalue weighted by Crippen LogP contribution is 2.12. The molecule has 1 aliphatic rings. The number of hydrogen-bond donors (Lipinski definition) is 1. The number of nitrogens with one attached hydrogen (secondary N) is 1. The fourth-order valence-electron chi connectivity index (χ4n) is 2.28. The summed E-state index contributed by atoms with van der Waals surface area (Å²) in [6, 6.07) is 3.59. The number of halogens is 1. The second-order valence-corrected chi connectivity index (χ2v) is 5.19. The smallest absolute Gasteiger partial charge is 0.253 e. The Labute approximate surface area is 123 Å². The number of hydrogen-bond acceptors (Lipinski definition) is 3. The van der Waals surface area contributed by atoms with E-state index in [9.17, 15) is 9.59 Å². The summed E-state index contributed by atoms with van der Waals surface area (Å²) in [6.07, 6.45) is 5.13. The monoisotopic (exact) mass is 295 g/mol. The number of amides is 2. The lowest BCUT2D eigenvalue weighted by atomic mass is 10.0. The highest BCUT2D eigenvalue weighted by molar-refractivity contribution is 6.18. The predicted molar refractivity (Wildman–Crippen MR) is 76.6 cm³/mol. The number of likely N-dealkylation sites (tertiary alicyclic amines) is 1.